The number of carbonyl (C=O) groups is 1. The number of halogens is 1. The Labute approximate surface area is 128 Å². The van der Waals surface area contributed by atoms with Crippen LogP contribution < -0.4 is 10.1 Å². The SMILES string of the molecule is COc1ccc(C2=C(O)C3(CCCCC3)NC2=O)c(Cl)c1. The van der Waals surface area contributed by atoms with E-state index in [1.165, 1.54) is 0 Å². The smallest absolute Gasteiger partial charge is 0.256 e. The quantitative estimate of drug-likeness (QED) is 0.880. The van der Waals surface area contributed by atoms with Crippen LogP contribution >= 0.6 is 11.6 Å². The fraction of sp³-hybridized carbons (Fsp3) is 0.438. The number of carbonyl (C=O) groups excluding carboxylic acids is 1. The van der Waals surface area contributed by atoms with Crippen molar-refractivity contribution in [3.63, 3.8) is 0 Å². The van der Waals surface area contributed by atoms with Crippen LogP contribution in [0.25, 0.3) is 5.57 Å². The first-order valence-electron chi connectivity index (χ1n) is 7.17. The van der Waals surface area contributed by atoms with Gasteiger partial charge < -0.3 is 15.2 Å². The summed E-state index contributed by atoms with van der Waals surface area (Å²) in [5.74, 6) is 0.510. The molecule has 1 aromatic rings. The summed E-state index contributed by atoms with van der Waals surface area (Å²) in [6.07, 6.45) is 4.72. The Morgan fingerprint density at radius 3 is 2.62 bits per heavy atom. The van der Waals surface area contributed by atoms with Crippen LogP contribution in [0.15, 0.2) is 24.0 Å². The van der Waals surface area contributed by atoms with Crippen molar-refractivity contribution in [2.75, 3.05) is 7.11 Å². The normalized spacial score (nSPS) is 20.8. The fourth-order valence-corrected chi connectivity index (χ4v) is 3.54. The number of aliphatic hydroxyl groups excluding tert-OH is 1. The number of nitrogens with one attached hydrogen (secondary N) is 1. The van der Waals surface area contributed by atoms with Crippen LogP contribution in [0, 0.1) is 0 Å². The van der Waals surface area contributed by atoms with Crippen LogP contribution in [-0.2, 0) is 4.79 Å². The van der Waals surface area contributed by atoms with E-state index in [2.05, 4.69) is 5.32 Å². The second-order valence-electron chi connectivity index (χ2n) is 5.67. The highest BCUT2D eigenvalue weighted by Crippen LogP contribution is 2.42. The summed E-state index contributed by atoms with van der Waals surface area (Å²) in [4.78, 5) is 12.3. The van der Waals surface area contributed by atoms with Gasteiger partial charge in [0.15, 0.2) is 0 Å². The Balaban J connectivity index is 2.06. The van der Waals surface area contributed by atoms with Crippen molar-refractivity contribution in [2.24, 2.45) is 0 Å². The number of benzene rings is 1. The third-order valence-corrected chi connectivity index (χ3v) is 4.74. The van der Waals surface area contributed by atoms with E-state index in [4.69, 9.17) is 16.3 Å². The first kappa shape index (κ1) is 14.3. The van der Waals surface area contributed by atoms with Crippen molar-refractivity contribution in [3.8, 4) is 5.75 Å². The molecular formula is C16H18ClNO3. The van der Waals surface area contributed by atoms with E-state index in [0.29, 0.717) is 21.9 Å². The van der Waals surface area contributed by atoms with Gasteiger partial charge in [-0.1, -0.05) is 30.9 Å². The largest absolute Gasteiger partial charge is 0.509 e. The summed E-state index contributed by atoms with van der Waals surface area (Å²) in [6.45, 7) is 0. The molecule has 0 unspecified atom stereocenters. The molecule has 0 atom stereocenters. The maximum Gasteiger partial charge on any atom is 0.256 e. The number of amides is 1. The van der Waals surface area contributed by atoms with Crippen LogP contribution in [0.3, 0.4) is 0 Å². The van der Waals surface area contributed by atoms with E-state index in [0.717, 1.165) is 32.1 Å². The van der Waals surface area contributed by atoms with Crippen molar-refractivity contribution in [2.45, 2.75) is 37.6 Å². The monoisotopic (exact) mass is 307 g/mol. The van der Waals surface area contributed by atoms with Gasteiger partial charge in [-0.15, -0.1) is 0 Å². The van der Waals surface area contributed by atoms with Crippen LogP contribution in [0.5, 0.6) is 5.75 Å². The van der Waals surface area contributed by atoms with Gasteiger partial charge in [0, 0.05) is 5.56 Å². The highest BCUT2D eigenvalue weighted by Gasteiger charge is 2.46. The first-order valence-corrected chi connectivity index (χ1v) is 7.55. The Bertz CT molecular complexity index is 618. The third-order valence-electron chi connectivity index (χ3n) is 4.42. The number of methoxy groups -OCH3 is 1. The van der Waals surface area contributed by atoms with E-state index in [1.54, 1.807) is 25.3 Å². The average Bonchev–Trinajstić information content (AvgIpc) is 2.71. The Morgan fingerprint density at radius 1 is 1.29 bits per heavy atom. The Kier molecular flexibility index (Phi) is 3.57. The maximum atomic E-state index is 12.3. The standard InChI is InChI=1S/C16H18ClNO3/c1-21-10-5-6-11(12(17)9-10)13-14(19)16(18-15(13)20)7-3-2-4-8-16/h5-6,9,19H,2-4,7-8H2,1H3,(H,18,20). The van der Waals surface area contributed by atoms with Crippen molar-refractivity contribution in [3.05, 3.63) is 34.5 Å². The number of aliphatic hydroxyl groups is 1. The zero-order chi connectivity index (χ0) is 15.0. The van der Waals surface area contributed by atoms with Crippen molar-refractivity contribution < 1.29 is 14.6 Å². The predicted octanol–water partition coefficient (Wildman–Crippen LogP) is 3.45. The molecule has 1 fully saturated rings. The highest BCUT2D eigenvalue weighted by atomic mass is 35.5. The molecule has 0 aromatic heterocycles. The number of ether oxygens (including phenoxy) is 1. The van der Waals surface area contributed by atoms with E-state index in [1.807, 2.05) is 0 Å². The second-order valence-corrected chi connectivity index (χ2v) is 6.07. The minimum absolute atomic E-state index is 0.138. The number of hydrogen-bond acceptors (Lipinski definition) is 3. The zero-order valence-electron chi connectivity index (χ0n) is 11.9. The van der Waals surface area contributed by atoms with Crippen LogP contribution in [0.1, 0.15) is 37.7 Å². The van der Waals surface area contributed by atoms with E-state index < -0.39 is 5.54 Å². The molecule has 0 radical (unpaired) electrons. The molecule has 0 saturated heterocycles. The lowest BCUT2D eigenvalue weighted by atomic mass is 9.80. The van der Waals surface area contributed by atoms with Gasteiger partial charge in [0.1, 0.15) is 11.5 Å². The minimum atomic E-state index is -0.589. The topological polar surface area (TPSA) is 58.6 Å². The van der Waals surface area contributed by atoms with Crippen molar-refractivity contribution in [1.29, 1.82) is 0 Å². The molecule has 1 spiro atoms. The van der Waals surface area contributed by atoms with Gasteiger partial charge in [0.2, 0.25) is 0 Å². The average molecular weight is 308 g/mol. The summed E-state index contributed by atoms with van der Waals surface area (Å²) in [7, 11) is 1.56. The lowest BCUT2D eigenvalue weighted by Gasteiger charge is -2.33. The van der Waals surface area contributed by atoms with Crippen molar-refractivity contribution >= 4 is 23.1 Å². The highest BCUT2D eigenvalue weighted by molar-refractivity contribution is 6.35. The van der Waals surface area contributed by atoms with E-state index in [-0.39, 0.29) is 11.7 Å². The van der Waals surface area contributed by atoms with Crippen LogP contribution in [0.2, 0.25) is 5.02 Å². The molecule has 1 heterocycles. The van der Waals surface area contributed by atoms with Crippen LogP contribution in [0.4, 0.5) is 0 Å². The van der Waals surface area contributed by atoms with Gasteiger partial charge in [-0.2, -0.15) is 0 Å². The summed E-state index contributed by atoms with van der Waals surface area (Å²) in [5, 5.41) is 14.0. The summed E-state index contributed by atoms with van der Waals surface area (Å²) in [6, 6.07) is 5.10. The van der Waals surface area contributed by atoms with Crippen molar-refractivity contribution in [1.82, 2.24) is 5.32 Å². The molecule has 0 bridgehead atoms. The molecule has 1 aliphatic carbocycles. The second kappa shape index (κ2) is 5.26. The molecule has 21 heavy (non-hydrogen) atoms. The lowest BCUT2D eigenvalue weighted by molar-refractivity contribution is -0.116. The number of hydrogen-bond donors (Lipinski definition) is 2. The maximum absolute atomic E-state index is 12.3. The van der Waals surface area contributed by atoms with Gasteiger partial charge in [0.05, 0.1) is 23.2 Å². The Morgan fingerprint density at radius 2 is 2.00 bits per heavy atom. The van der Waals surface area contributed by atoms with Gasteiger partial charge in [-0.05, 0) is 31.0 Å². The van der Waals surface area contributed by atoms with Gasteiger partial charge in [0.25, 0.3) is 5.91 Å². The molecule has 1 saturated carbocycles. The minimum Gasteiger partial charge on any atom is -0.509 e. The van der Waals surface area contributed by atoms with E-state index >= 15 is 0 Å². The van der Waals surface area contributed by atoms with Gasteiger partial charge in [-0.3, -0.25) is 4.79 Å². The number of rotatable bonds is 2. The predicted molar refractivity (Wildman–Crippen MR) is 81.5 cm³/mol. The molecule has 5 heteroatoms. The van der Waals surface area contributed by atoms with Crippen LogP contribution in [-0.4, -0.2) is 23.7 Å². The summed E-state index contributed by atoms with van der Waals surface area (Å²) >= 11 is 6.24. The fourth-order valence-electron chi connectivity index (χ4n) is 3.28. The lowest BCUT2D eigenvalue weighted by Crippen LogP contribution is -2.46. The Hall–Kier alpha value is -1.68. The van der Waals surface area contributed by atoms with E-state index in [9.17, 15) is 9.90 Å². The summed E-state index contributed by atoms with van der Waals surface area (Å²) < 4.78 is 5.11. The molecule has 112 valence electrons. The zero-order valence-corrected chi connectivity index (χ0v) is 12.7. The molecule has 1 aliphatic heterocycles. The van der Waals surface area contributed by atoms with Gasteiger partial charge >= 0.3 is 0 Å². The summed E-state index contributed by atoms with van der Waals surface area (Å²) in [5.41, 5.74) is 0.257. The van der Waals surface area contributed by atoms with Gasteiger partial charge in [-0.25, -0.2) is 0 Å². The molecule has 3 rings (SSSR count). The first-order chi connectivity index (χ1) is 10.1. The molecule has 1 amide bonds. The molecule has 2 aliphatic rings. The molecule has 2 N–H and O–H groups in total. The molecule has 1 aromatic carbocycles. The molecule has 4 nitrogen and oxygen atoms in total. The third kappa shape index (κ3) is 2.27. The molecular weight excluding hydrogens is 290 g/mol.